The molecule has 0 radical (unpaired) electrons. The smallest absolute Gasteiger partial charge is 0.343 e. The highest BCUT2D eigenvalue weighted by Gasteiger charge is 2.28. The molecule has 3 aromatic rings. The number of nitrogens with zero attached hydrogens (tertiary/aromatic N) is 4. The molecule has 1 aromatic carbocycles. The van der Waals surface area contributed by atoms with Crippen LogP contribution in [0.4, 0.5) is 10.1 Å². The van der Waals surface area contributed by atoms with Gasteiger partial charge in [0.05, 0.1) is 29.9 Å². The minimum atomic E-state index is -1.07. The quantitative estimate of drug-likeness (QED) is 0.135. The molecule has 8 nitrogen and oxygen atoms in total. The van der Waals surface area contributed by atoms with Crippen LogP contribution in [-0.2, 0) is 16.1 Å². The van der Waals surface area contributed by atoms with Crippen LogP contribution in [0.5, 0.6) is 0 Å². The summed E-state index contributed by atoms with van der Waals surface area (Å²) >= 11 is 11.6. The monoisotopic (exact) mass is 463 g/mol. The number of anilines is 1. The van der Waals surface area contributed by atoms with Gasteiger partial charge in [0, 0.05) is 11.9 Å². The van der Waals surface area contributed by atoms with Gasteiger partial charge >= 0.3 is 5.97 Å². The van der Waals surface area contributed by atoms with Crippen molar-refractivity contribution in [3.8, 4) is 0 Å². The average Bonchev–Trinajstić information content (AvgIpc) is 3.25. The van der Waals surface area contributed by atoms with Crippen molar-refractivity contribution in [1.82, 2.24) is 19.7 Å². The number of hydrogen-bond acceptors (Lipinski definition) is 7. The van der Waals surface area contributed by atoms with Gasteiger partial charge in [0.15, 0.2) is 5.82 Å². The lowest BCUT2D eigenvalue weighted by Gasteiger charge is -2.10. The molecule has 0 fully saturated rings. The normalized spacial score (nSPS) is 11.3. The van der Waals surface area contributed by atoms with Crippen molar-refractivity contribution in [1.29, 1.82) is 0 Å². The molecule has 0 aliphatic heterocycles. The lowest BCUT2D eigenvalue weighted by molar-refractivity contribution is -0.138. The molecule has 0 bridgehead atoms. The second-order valence-electron chi connectivity index (χ2n) is 6.13. The van der Waals surface area contributed by atoms with Gasteiger partial charge in [-0.05, 0) is 24.6 Å². The Bertz CT molecular complexity index is 1140. The molecule has 0 spiro atoms. The Morgan fingerprint density at radius 2 is 2.13 bits per heavy atom. The van der Waals surface area contributed by atoms with Crippen LogP contribution in [0.1, 0.15) is 22.8 Å². The van der Waals surface area contributed by atoms with Gasteiger partial charge in [-0.1, -0.05) is 35.3 Å². The molecule has 0 amide bonds. The third-order valence-electron chi connectivity index (χ3n) is 4.02. The van der Waals surface area contributed by atoms with Crippen molar-refractivity contribution in [3.05, 3.63) is 82.0 Å². The molecule has 0 aliphatic rings. The van der Waals surface area contributed by atoms with E-state index in [1.54, 1.807) is 36.1 Å². The predicted octanol–water partition coefficient (Wildman–Crippen LogP) is 3.91. The van der Waals surface area contributed by atoms with E-state index in [9.17, 15) is 14.0 Å². The maximum Gasteiger partial charge on any atom is 0.343 e. The molecule has 0 saturated carbocycles. The minimum Gasteiger partial charge on any atom is -0.462 e. The first-order valence-electron chi connectivity index (χ1n) is 9.00. The van der Waals surface area contributed by atoms with Gasteiger partial charge < -0.3 is 10.1 Å². The SMILES string of the molecule is CCOC(=O)C(=CNc1cccc(Cn2cncn2)c1)C(=O)c1c(Cl)ncc(Cl)c1F. The molecule has 3 rings (SSSR count). The summed E-state index contributed by atoms with van der Waals surface area (Å²) in [5, 5.41) is 6.08. The number of carbonyl (C=O) groups excluding carboxylic acids is 2. The Morgan fingerprint density at radius 1 is 1.32 bits per heavy atom. The minimum absolute atomic E-state index is 0.0147. The lowest BCUT2D eigenvalue weighted by atomic mass is 10.1. The molecule has 1 N–H and O–H groups in total. The maximum atomic E-state index is 14.4. The zero-order valence-corrected chi connectivity index (χ0v) is 17.7. The Balaban J connectivity index is 1.90. The van der Waals surface area contributed by atoms with Crippen LogP contribution in [0.3, 0.4) is 0 Å². The van der Waals surface area contributed by atoms with Gasteiger partial charge in [0.2, 0.25) is 5.78 Å². The molecule has 0 saturated heterocycles. The number of ketones is 1. The van der Waals surface area contributed by atoms with Crippen molar-refractivity contribution >= 4 is 40.6 Å². The molecule has 0 atom stereocenters. The number of rotatable bonds is 8. The molecule has 160 valence electrons. The van der Waals surface area contributed by atoms with Crippen LogP contribution in [0.15, 0.2) is 54.9 Å². The van der Waals surface area contributed by atoms with Crippen molar-refractivity contribution in [2.75, 3.05) is 11.9 Å². The lowest BCUT2D eigenvalue weighted by Crippen LogP contribution is -2.19. The summed E-state index contributed by atoms with van der Waals surface area (Å²) in [6.45, 7) is 2.06. The fourth-order valence-corrected chi connectivity index (χ4v) is 2.98. The number of halogens is 3. The van der Waals surface area contributed by atoms with Crippen molar-refractivity contribution < 1.29 is 18.7 Å². The van der Waals surface area contributed by atoms with Gasteiger partial charge in [-0.25, -0.2) is 23.8 Å². The zero-order valence-electron chi connectivity index (χ0n) is 16.2. The Morgan fingerprint density at radius 3 is 2.84 bits per heavy atom. The van der Waals surface area contributed by atoms with E-state index in [1.807, 2.05) is 6.07 Å². The van der Waals surface area contributed by atoms with Gasteiger partial charge in [-0.2, -0.15) is 5.10 Å². The highest BCUT2D eigenvalue weighted by Crippen LogP contribution is 2.26. The maximum absolute atomic E-state index is 14.4. The second-order valence-corrected chi connectivity index (χ2v) is 6.90. The molecule has 0 unspecified atom stereocenters. The number of pyridine rings is 1. The first kappa shape index (κ1) is 22.4. The average molecular weight is 464 g/mol. The first-order valence-corrected chi connectivity index (χ1v) is 9.75. The van der Waals surface area contributed by atoms with Crippen molar-refractivity contribution in [2.24, 2.45) is 0 Å². The topological polar surface area (TPSA) is 99.0 Å². The van der Waals surface area contributed by atoms with Gasteiger partial charge in [-0.3, -0.25) is 4.79 Å². The summed E-state index contributed by atoms with van der Waals surface area (Å²) in [5.41, 5.74) is 0.382. The number of hydrogen-bond donors (Lipinski definition) is 1. The fourth-order valence-electron chi connectivity index (χ4n) is 2.61. The van der Waals surface area contributed by atoms with Crippen LogP contribution < -0.4 is 5.32 Å². The molecular weight excluding hydrogens is 448 g/mol. The molecule has 2 heterocycles. The van der Waals surface area contributed by atoms with E-state index in [0.29, 0.717) is 12.2 Å². The Labute approximate surface area is 186 Å². The van der Waals surface area contributed by atoms with E-state index in [0.717, 1.165) is 18.0 Å². The fraction of sp³-hybridized carbons (Fsp3) is 0.150. The predicted molar refractivity (Wildman–Crippen MR) is 112 cm³/mol. The van der Waals surface area contributed by atoms with E-state index in [4.69, 9.17) is 27.9 Å². The van der Waals surface area contributed by atoms with E-state index in [-0.39, 0.29) is 6.61 Å². The van der Waals surface area contributed by atoms with Crippen LogP contribution >= 0.6 is 23.2 Å². The number of carbonyl (C=O) groups is 2. The summed E-state index contributed by atoms with van der Waals surface area (Å²) in [5.74, 6) is -3.03. The summed E-state index contributed by atoms with van der Waals surface area (Å²) in [4.78, 5) is 32.8. The van der Waals surface area contributed by atoms with Crippen LogP contribution in [0.25, 0.3) is 0 Å². The highest BCUT2D eigenvalue weighted by molar-refractivity contribution is 6.37. The van der Waals surface area contributed by atoms with Gasteiger partial charge in [-0.15, -0.1) is 0 Å². The van der Waals surface area contributed by atoms with Crippen LogP contribution in [-0.4, -0.2) is 38.1 Å². The summed E-state index contributed by atoms with van der Waals surface area (Å²) < 4.78 is 21.0. The number of esters is 1. The summed E-state index contributed by atoms with van der Waals surface area (Å²) in [6.07, 6.45) is 5.11. The number of ether oxygens (including phenoxy) is 1. The van der Waals surface area contributed by atoms with Crippen molar-refractivity contribution in [3.63, 3.8) is 0 Å². The number of nitrogens with one attached hydrogen (secondary N) is 1. The molecule has 11 heteroatoms. The molecule has 31 heavy (non-hydrogen) atoms. The zero-order chi connectivity index (χ0) is 22.4. The van der Waals surface area contributed by atoms with Crippen molar-refractivity contribution in [2.45, 2.75) is 13.5 Å². The standard InChI is InChI=1S/C20H16Cl2FN5O3/c1-2-31-20(30)14(18(29)16-17(23)15(21)8-26-19(16)22)7-25-13-5-3-4-12(6-13)9-28-11-24-10-27-28/h3-8,10-11,25H,2,9H2,1H3. The van der Waals surface area contributed by atoms with E-state index < -0.39 is 38.9 Å². The van der Waals surface area contributed by atoms with Crippen LogP contribution in [0.2, 0.25) is 10.2 Å². The van der Waals surface area contributed by atoms with Gasteiger partial charge in [0.1, 0.15) is 23.4 Å². The number of Topliss-reactive ketones (excluding diaryl/α,β-unsaturated/α-hetero) is 1. The second kappa shape index (κ2) is 10.1. The molecule has 2 aromatic heterocycles. The third kappa shape index (κ3) is 5.44. The number of benzene rings is 1. The highest BCUT2D eigenvalue weighted by atomic mass is 35.5. The Kier molecular flexibility index (Phi) is 7.32. The van der Waals surface area contributed by atoms with Crippen LogP contribution in [0, 0.1) is 5.82 Å². The van der Waals surface area contributed by atoms with Gasteiger partial charge in [0.25, 0.3) is 0 Å². The third-order valence-corrected chi connectivity index (χ3v) is 4.57. The summed E-state index contributed by atoms with van der Waals surface area (Å²) in [7, 11) is 0. The summed E-state index contributed by atoms with van der Waals surface area (Å²) in [6, 6.07) is 7.18. The molecular formula is C20H16Cl2FN5O3. The van der Waals surface area contributed by atoms with E-state index >= 15 is 0 Å². The molecule has 0 aliphatic carbocycles. The largest absolute Gasteiger partial charge is 0.462 e. The number of aromatic nitrogens is 4. The first-order chi connectivity index (χ1) is 14.9. The van der Waals surface area contributed by atoms with E-state index in [1.165, 1.54) is 6.33 Å². The van der Waals surface area contributed by atoms with E-state index in [2.05, 4.69) is 20.4 Å². The Hall–Kier alpha value is -3.30.